The molecule has 22 heavy (non-hydrogen) atoms. The fourth-order valence-electron chi connectivity index (χ4n) is 2.90. The highest BCUT2D eigenvalue weighted by Crippen LogP contribution is 2.34. The molecule has 116 valence electrons. The summed E-state index contributed by atoms with van der Waals surface area (Å²) in [5.74, 6) is 1.62. The van der Waals surface area contributed by atoms with E-state index < -0.39 is 0 Å². The summed E-state index contributed by atoms with van der Waals surface area (Å²) < 4.78 is 6.41. The summed E-state index contributed by atoms with van der Waals surface area (Å²) in [6, 6.07) is 10.7. The first kappa shape index (κ1) is 15.3. The van der Waals surface area contributed by atoms with Gasteiger partial charge in [0.2, 0.25) is 0 Å². The molecule has 0 amide bonds. The van der Waals surface area contributed by atoms with Crippen molar-refractivity contribution in [3.05, 3.63) is 57.8 Å². The first-order valence-corrected chi connectivity index (χ1v) is 8.80. The predicted octanol–water partition coefficient (Wildman–Crippen LogP) is 4.68. The molecule has 0 fully saturated rings. The lowest BCUT2D eigenvalue weighted by Gasteiger charge is -2.23. The van der Waals surface area contributed by atoms with Gasteiger partial charge in [0.05, 0.1) is 0 Å². The van der Waals surface area contributed by atoms with Crippen LogP contribution in [0.4, 0.5) is 0 Å². The molecule has 2 atom stereocenters. The van der Waals surface area contributed by atoms with Crippen molar-refractivity contribution in [1.29, 1.82) is 0 Å². The minimum Gasteiger partial charge on any atom is -0.484 e. The first-order valence-electron chi connectivity index (χ1n) is 7.92. The minimum absolute atomic E-state index is 0.117. The Hall–Kier alpha value is -1.58. The molecule has 0 bridgehead atoms. The number of allylic oxidation sites excluding steroid dienone is 1. The van der Waals surface area contributed by atoms with Gasteiger partial charge in [0.25, 0.3) is 0 Å². The van der Waals surface area contributed by atoms with Crippen LogP contribution in [0.2, 0.25) is 0 Å². The van der Waals surface area contributed by atoms with Crippen LogP contribution in [0.5, 0.6) is 5.75 Å². The van der Waals surface area contributed by atoms with E-state index in [0.29, 0.717) is 5.92 Å². The molecular formula is C19H23NOS. The van der Waals surface area contributed by atoms with Crippen molar-refractivity contribution < 1.29 is 4.74 Å². The van der Waals surface area contributed by atoms with E-state index in [-0.39, 0.29) is 6.10 Å². The summed E-state index contributed by atoms with van der Waals surface area (Å²) in [5.41, 5.74) is 2.65. The normalized spacial score (nSPS) is 18.0. The van der Waals surface area contributed by atoms with Gasteiger partial charge in [0.1, 0.15) is 11.9 Å². The predicted molar refractivity (Wildman–Crippen MR) is 94.6 cm³/mol. The molecule has 1 N–H and O–H groups in total. The molecule has 1 aliphatic carbocycles. The number of fused-ring (bicyclic) bond motifs is 1. The van der Waals surface area contributed by atoms with Crippen LogP contribution in [0, 0.1) is 5.92 Å². The fourth-order valence-corrected chi connectivity index (χ4v) is 3.69. The van der Waals surface area contributed by atoms with Crippen molar-refractivity contribution >= 4 is 17.4 Å². The quantitative estimate of drug-likeness (QED) is 0.836. The van der Waals surface area contributed by atoms with Gasteiger partial charge in [0, 0.05) is 16.9 Å². The highest BCUT2D eigenvalue weighted by Gasteiger charge is 2.18. The van der Waals surface area contributed by atoms with E-state index in [2.05, 4.69) is 60.1 Å². The van der Waals surface area contributed by atoms with Gasteiger partial charge in [-0.3, -0.25) is 0 Å². The van der Waals surface area contributed by atoms with Crippen molar-refractivity contribution in [2.75, 3.05) is 13.6 Å². The van der Waals surface area contributed by atoms with Crippen LogP contribution < -0.4 is 10.1 Å². The van der Waals surface area contributed by atoms with Crippen LogP contribution in [0.25, 0.3) is 6.08 Å². The Morgan fingerprint density at radius 1 is 1.32 bits per heavy atom. The van der Waals surface area contributed by atoms with Gasteiger partial charge in [-0.25, -0.2) is 0 Å². The summed E-state index contributed by atoms with van der Waals surface area (Å²) in [5, 5.41) is 5.34. The second-order valence-corrected chi connectivity index (χ2v) is 6.86. The summed E-state index contributed by atoms with van der Waals surface area (Å²) >= 11 is 1.77. The van der Waals surface area contributed by atoms with Crippen molar-refractivity contribution in [2.45, 2.75) is 25.9 Å². The first-order chi connectivity index (χ1) is 10.8. The Bertz CT molecular complexity index is 633. The van der Waals surface area contributed by atoms with Gasteiger partial charge in [-0.15, -0.1) is 11.3 Å². The summed E-state index contributed by atoms with van der Waals surface area (Å²) in [6.45, 7) is 3.21. The van der Waals surface area contributed by atoms with Crippen LogP contribution in [0.1, 0.15) is 35.5 Å². The molecule has 1 aromatic heterocycles. The zero-order chi connectivity index (χ0) is 15.4. The third kappa shape index (κ3) is 3.42. The van der Waals surface area contributed by atoms with Gasteiger partial charge in [-0.05, 0) is 49.0 Å². The van der Waals surface area contributed by atoms with Crippen molar-refractivity contribution in [2.24, 2.45) is 5.92 Å². The molecule has 1 heterocycles. The van der Waals surface area contributed by atoms with Crippen molar-refractivity contribution in [1.82, 2.24) is 5.32 Å². The smallest absolute Gasteiger partial charge is 0.134 e. The largest absolute Gasteiger partial charge is 0.484 e. The Labute approximate surface area is 136 Å². The standard InChI is InChI=1S/C19H23NOS/c1-14-8-9-16-15(13-14)5-3-6-17(16)21-18(10-11-20-2)19-7-4-12-22-19/h3-9,12,14,18,20H,10-11,13H2,1-2H3/t14?,18-/m0/s1. The van der Waals surface area contributed by atoms with E-state index in [1.807, 2.05) is 7.05 Å². The molecule has 0 spiro atoms. The molecule has 1 unspecified atom stereocenters. The molecule has 3 heteroatoms. The molecule has 0 saturated heterocycles. The van der Waals surface area contributed by atoms with Crippen LogP contribution in [-0.2, 0) is 6.42 Å². The lowest BCUT2D eigenvalue weighted by molar-refractivity contribution is 0.198. The average Bonchev–Trinajstić information content (AvgIpc) is 3.05. The topological polar surface area (TPSA) is 21.3 Å². The number of hydrogen-bond acceptors (Lipinski definition) is 3. The molecule has 1 aliphatic rings. The molecule has 0 saturated carbocycles. The molecule has 0 aliphatic heterocycles. The minimum atomic E-state index is 0.117. The van der Waals surface area contributed by atoms with E-state index in [1.165, 1.54) is 16.0 Å². The lowest BCUT2D eigenvalue weighted by atomic mass is 9.90. The van der Waals surface area contributed by atoms with Crippen molar-refractivity contribution in [3.63, 3.8) is 0 Å². The maximum absolute atomic E-state index is 6.41. The maximum atomic E-state index is 6.41. The lowest BCUT2D eigenvalue weighted by Crippen LogP contribution is -2.16. The van der Waals surface area contributed by atoms with E-state index in [4.69, 9.17) is 4.74 Å². The number of thiophene rings is 1. The molecule has 0 radical (unpaired) electrons. The molecule has 2 nitrogen and oxygen atoms in total. The molecule has 3 rings (SSSR count). The number of benzene rings is 1. The zero-order valence-electron chi connectivity index (χ0n) is 13.2. The number of rotatable bonds is 6. The summed E-state index contributed by atoms with van der Waals surface area (Å²) in [7, 11) is 1.99. The van der Waals surface area contributed by atoms with Gasteiger partial charge in [-0.1, -0.05) is 37.3 Å². The average molecular weight is 313 g/mol. The molecular weight excluding hydrogens is 290 g/mol. The Morgan fingerprint density at radius 3 is 3.00 bits per heavy atom. The van der Waals surface area contributed by atoms with E-state index in [9.17, 15) is 0 Å². The highest BCUT2D eigenvalue weighted by atomic mass is 32.1. The van der Waals surface area contributed by atoms with Crippen LogP contribution in [0.3, 0.4) is 0 Å². The van der Waals surface area contributed by atoms with Gasteiger partial charge in [-0.2, -0.15) is 0 Å². The van der Waals surface area contributed by atoms with E-state index >= 15 is 0 Å². The Balaban J connectivity index is 1.85. The number of ether oxygens (including phenoxy) is 1. The Morgan fingerprint density at radius 2 is 2.23 bits per heavy atom. The molecule has 1 aromatic carbocycles. The van der Waals surface area contributed by atoms with Crippen LogP contribution >= 0.6 is 11.3 Å². The summed E-state index contributed by atoms with van der Waals surface area (Å²) in [6.07, 6.45) is 6.70. The SMILES string of the molecule is CNCC[C@H](Oc1cccc2c1C=CC(C)C2)c1cccs1. The van der Waals surface area contributed by atoms with Gasteiger partial charge >= 0.3 is 0 Å². The van der Waals surface area contributed by atoms with Crippen molar-refractivity contribution in [3.8, 4) is 5.75 Å². The van der Waals surface area contributed by atoms with Crippen LogP contribution in [-0.4, -0.2) is 13.6 Å². The zero-order valence-corrected chi connectivity index (χ0v) is 14.0. The third-order valence-corrected chi connectivity index (χ3v) is 5.04. The summed E-state index contributed by atoms with van der Waals surface area (Å²) in [4.78, 5) is 1.29. The van der Waals surface area contributed by atoms with Gasteiger partial charge < -0.3 is 10.1 Å². The third-order valence-electron chi connectivity index (χ3n) is 4.08. The molecule has 2 aromatic rings. The highest BCUT2D eigenvalue weighted by molar-refractivity contribution is 7.10. The number of nitrogens with one attached hydrogen (secondary N) is 1. The number of hydrogen-bond donors (Lipinski definition) is 1. The second-order valence-electron chi connectivity index (χ2n) is 5.88. The van der Waals surface area contributed by atoms with Crippen LogP contribution in [0.15, 0.2) is 41.8 Å². The maximum Gasteiger partial charge on any atom is 0.134 e. The van der Waals surface area contributed by atoms with E-state index in [1.54, 1.807) is 11.3 Å². The fraction of sp³-hybridized carbons (Fsp3) is 0.368. The Kier molecular flexibility index (Phi) is 4.96. The monoisotopic (exact) mass is 313 g/mol. The van der Waals surface area contributed by atoms with E-state index in [0.717, 1.165) is 25.1 Å². The van der Waals surface area contributed by atoms with Gasteiger partial charge in [0.15, 0.2) is 0 Å². The second kappa shape index (κ2) is 7.12.